The van der Waals surface area contributed by atoms with Crippen LogP contribution in [-0.4, -0.2) is 22.8 Å². The largest absolute Gasteiger partial charge is 0.326 e. The number of carbonyl (C=O) groups excluding carboxylic acids is 1. The first-order valence-corrected chi connectivity index (χ1v) is 5.48. The Labute approximate surface area is 110 Å². The Morgan fingerprint density at radius 2 is 2.29 bits per heavy atom. The highest BCUT2D eigenvalue weighted by molar-refractivity contribution is 6.31. The maximum Gasteiger partial charge on any atom is 0.249 e. The SMILES string of the molecule is C[C@@H]1C(=O)NC2=Nc3cccc(Cl)c3CN21.Cl. The highest BCUT2D eigenvalue weighted by Gasteiger charge is 2.36. The molecular weight excluding hydrogens is 261 g/mol. The summed E-state index contributed by atoms with van der Waals surface area (Å²) >= 11 is 6.12. The zero-order valence-corrected chi connectivity index (χ0v) is 10.7. The van der Waals surface area contributed by atoms with Crippen LogP contribution in [0.5, 0.6) is 0 Å². The predicted octanol–water partition coefficient (Wildman–Crippen LogP) is 2.08. The highest BCUT2D eigenvalue weighted by Crippen LogP contribution is 2.33. The fraction of sp³-hybridized carbons (Fsp3) is 0.273. The molecule has 1 N–H and O–H groups in total. The third-order valence-electron chi connectivity index (χ3n) is 3.00. The number of hydrogen-bond donors (Lipinski definition) is 1. The van der Waals surface area contributed by atoms with E-state index < -0.39 is 0 Å². The smallest absolute Gasteiger partial charge is 0.249 e. The molecule has 2 aliphatic rings. The van der Waals surface area contributed by atoms with Gasteiger partial charge in [-0.05, 0) is 19.1 Å². The van der Waals surface area contributed by atoms with E-state index in [2.05, 4.69) is 10.3 Å². The molecule has 2 aliphatic heterocycles. The van der Waals surface area contributed by atoms with Crippen molar-refractivity contribution >= 4 is 41.6 Å². The molecule has 3 rings (SSSR count). The van der Waals surface area contributed by atoms with Gasteiger partial charge in [0.25, 0.3) is 0 Å². The number of hydrogen-bond acceptors (Lipinski definition) is 3. The van der Waals surface area contributed by atoms with Crippen LogP contribution in [0, 0.1) is 0 Å². The first-order chi connectivity index (χ1) is 7.66. The average Bonchev–Trinajstić information content (AvgIpc) is 2.53. The number of amides is 1. The number of aliphatic imine (C=N–C) groups is 1. The molecule has 1 aromatic rings. The second-order valence-electron chi connectivity index (χ2n) is 3.97. The van der Waals surface area contributed by atoms with Gasteiger partial charge in [-0.15, -0.1) is 12.4 Å². The summed E-state index contributed by atoms with van der Waals surface area (Å²) in [7, 11) is 0. The minimum absolute atomic E-state index is 0. The topological polar surface area (TPSA) is 44.7 Å². The van der Waals surface area contributed by atoms with Gasteiger partial charge in [-0.3, -0.25) is 10.1 Å². The summed E-state index contributed by atoms with van der Waals surface area (Å²) in [6.45, 7) is 2.49. The lowest BCUT2D eigenvalue weighted by molar-refractivity contribution is -0.121. The van der Waals surface area contributed by atoms with E-state index in [-0.39, 0.29) is 24.4 Å². The molecule has 90 valence electrons. The summed E-state index contributed by atoms with van der Waals surface area (Å²) in [4.78, 5) is 17.8. The lowest BCUT2D eigenvalue weighted by Gasteiger charge is -2.26. The lowest BCUT2D eigenvalue weighted by atomic mass is 10.1. The molecule has 4 nitrogen and oxygen atoms in total. The van der Waals surface area contributed by atoms with Gasteiger partial charge in [-0.1, -0.05) is 17.7 Å². The molecule has 1 amide bonds. The molecule has 0 unspecified atom stereocenters. The van der Waals surface area contributed by atoms with Crippen LogP contribution in [0.3, 0.4) is 0 Å². The molecule has 0 aliphatic carbocycles. The fourth-order valence-electron chi connectivity index (χ4n) is 2.01. The minimum Gasteiger partial charge on any atom is -0.326 e. The molecule has 1 aromatic carbocycles. The zero-order chi connectivity index (χ0) is 11.3. The van der Waals surface area contributed by atoms with E-state index in [9.17, 15) is 4.79 Å². The van der Waals surface area contributed by atoms with E-state index in [1.165, 1.54) is 0 Å². The van der Waals surface area contributed by atoms with Gasteiger partial charge in [-0.2, -0.15) is 0 Å². The second-order valence-corrected chi connectivity index (χ2v) is 4.37. The minimum atomic E-state index is -0.178. The average molecular weight is 272 g/mol. The van der Waals surface area contributed by atoms with Crippen molar-refractivity contribution < 1.29 is 4.79 Å². The lowest BCUT2D eigenvalue weighted by Crippen LogP contribution is -2.35. The summed E-state index contributed by atoms with van der Waals surface area (Å²) in [6, 6.07) is 5.43. The molecule has 1 fully saturated rings. The van der Waals surface area contributed by atoms with Gasteiger partial charge in [0.1, 0.15) is 6.04 Å². The van der Waals surface area contributed by atoms with Crippen LogP contribution in [0.2, 0.25) is 5.02 Å². The third-order valence-corrected chi connectivity index (χ3v) is 3.36. The van der Waals surface area contributed by atoms with Crippen LogP contribution in [0.15, 0.2) is 23.2 Å². The molecule has 0 bridgehead atoms. The molecule has 0 saturated carbocycles. The van der Waals surface area contributed by atoms with Crippen LogP contribution in [0.4, 0.5) is 5.69 Å². The first kappa shape index (κ1) is 12.2. The molecule has 2 heterocycles. The Morgan fingerprint density at radius 3 is 3.06 bits per heavy atom. The van der Waals surface area contributed by atoms with E-state index in [0.29, 0.717) is 17.5 Å². The van der Waals surface area contributed by atoms with Crippen molar-refractivity contribution in [1.82, 2.24) is 10.2 Å². The normalized spacial score (nSPS) is 21.1. The Balaban J connectivity index is 0.00000108. The molecule has 6 heteroatoms. The van der Waals surface area contributed by atoms with Crippen molar-refractivity contribution in [1.29, 1.82) is 0 Å². The van der Waals surface area contributed by atoms with Gasteiger partial charge in [-0.25, -0.2) is 4.99 Å². The molecule has 0 spiro atoms. The van der Waals surface area contributed by atoms with Crippen molar-refractivity contribution in [3.63, 3.8) is 0 Å². The number of rotatable bonds is 0. The molecule has 1 atom stereocenters. The molecule has 0 aromatic heterocycles. The van der Waals surface area contributed by atoms with E-state index >= 15 is 0 Å². The first-order valence-electron chi connectivity index (χ1n) is 5.10. The van der Waals surface area contributed by atoms with E-state index in [4.69, 9.17) is 11.6 Å². The Kier molecular flexibility index (Phi) is 3.02. The summed E-state index contributed by atoms with van der Waals surface area (Å²) in [5.41, 5.74) is 1.82. The standard InChI is InChI=1S/C11H10ClN3O.ClH/c1-6-10(16)14-11-13-9-4-2-3-8(12)7(9)5-15(6)11;/h2-4,6H,5H2,1H3,(H,13,14,16);1H/t6-;/m1./s1. The van der Waals surface area contributed by atoms with Gasteiger partial charge in [0.15, 0.2) is 0 Å². The number of carbonyl (C=O) groups is 1. The number of nitrogens with one attached hydrogen (secondary N) is 1. The summed E-state index contributed by atoms with van der Waals surface area (Å²) < 4.78 is 0. The molecular formula is C11H11Cl2N3O. The third kappa shape index (κ3) is 1.77. The van der Waals surface area contributed by atoms with Gasteiger partial charge >= 0.3 is 0 Å². The number of fused-ring (bicyclic) bond motifs is 2. The second kappa shape index (κ2) is 4.20. The fourth-order valence-corrected chi connectivity index (χ4v) is 2.24. The van der Waals surface area contributed by atoms with Crippen molar-refractivity contribution in [2.24, 2.45) is 4.99 Å². The molecule has 1 saturated heterocycles. The molecule has 17 heavy (non-hydrogen) atoms. The number of nitrogens with zero attached hydrogens (tertiary/aromatic N) is 2. The van der Waals surface area contributed by atoms with E-state index in [1.54, 1.807) is 0 Å². The van der Waals surface area contributed by atoms with Gasteiger partial charge in [0, 0.05) is 10.6 Å². The number of halogens is 2. The maximum atomic E-state index is 11.5. The van der Waals surface area contributed by atoms with Crippen LogP contribution >= 0.6 is 24.0 Å². The monoisotopic (exact) mass is 271 g/mol. The van der Waals surface area contributed by atoms with Crippen molar-refractivity contribution in [2.45, 2.75) is 19.5 Å². The van der Waals surface area contributed by atoms with Gasteiger partial charge in [0.2, 0.25) is 11.9 Å². The summed E-state index contributed by atoms with van der Waals surface area (Å²) in [6.07, 6.45) is 0. The zero-order valence-electron chi connectivity index (χ0n) is 9.11. The van der Waals surface area contributed by atoms with Crippen molar-refractivity contribution in [2.75, 3.05) is 0 Å². The van der Waals surface area contributed by atoms with E-state index in [0.717, 1.165) is 11.3 Å². The van der Waals surface area contributed by atoms with Gasteiger partial charge < -0.3 is 4.90 Å². The van der Waals surface area contributed by atoms with Gasteiger partial charge in [0.05, 0.1) is 12.2 Å². The van der Waals surface area contributed by atoms with Crippen molar-refractivity contribution in [3.05, 3.63) is 28.8 Å². The Bertz CT molecular complexity index is 515. The van der Waals surface area contributed by atoms with Crippen LogP contribution < -0.4 is 5.32 Å². The number of benzene rings is 1. The highest BCUT2D eigenvalue weighted by atomic mass is 35.5. The predicted molar refractivity (Wildman–Crippen MR) is 68.9 cm³/mol. The summed E-state index contributed by atoms with van der Waals surface area (Å²) in [5, 5.41) is 3.46. The van der Waals surface area contributed by atoms with Crippen LogP contribution in [0.25, 0.3) is 0 Å². The Morgan fingerprint density at radius 1 is 1.53 bits per heavy atom. The quantitative estimate of drug-likeness (QED) is 0.786. The van der Waals surface area contributed by atoms with E-state index in [1.807, 2.05) is 30.0 Å². The van der Waals surface area contributed by atoms with Crippen molar-refractivity contribution in [3.8, 4) is 0 Å². The maximum absolute atomic E-state index is 11.5. The summed E-state index contributed by atoms with van der Waals surface area (Å²) in [5.74, 6) is 0.620. The van der Waals surface area contributed by atoms with Crippen LogP contribution in [-0.2, 0) is 11.3 Å². The number of guanidine groups is 1. The Hall–Kier alpha value is -1.26. The molecule has 0 radical (unpaired) electrons. The van der Waals surface area contributed by atoms with Crippen LogP contribution in [0.1, 0.15) is 12.5 Å².